The van der Waals surface area contributed by atoms with Gasteiger partial charge >= 0.3 is 0 Å². The maximum Gasteiger partial charge on any atom is 0.264 e. The second-order valence-corrected chi connectivity index (χ2v) is 12.0. The molecule has 3 rings (SSSR count). The Labute approximate surface area is 245 Å². The summed E-state index contributed by atoms with van der Waals surface area (Å²) in [6.07, 6.45) is 0. The Morgan fingerprint density at radius 3 is 2.17 bits per heavy atom. The number of hydrogen-bond donors (Lipinski definition) is 1. The molecule has 40 heavy (non-hydrogen) atoms. The third-order valence-corrected chi connectivity index (χ3v) is 8.41. The Balaban J connectivity index is 2.09. The minimum atomic E-state index is -4.27. The minimum absolute atomic E-state index is 0.00682. The van der Waals surface area contributed by atoms with E-state index in [9.17, 15) is 18.0 Å². The average molecular weight is 607 g/mol. The van der Waals surface area contributed by atoms with E-state index >= 15 is 0 Å². The van der Waals surface area contributed by atoms with Crippen LogP contribution in [-0.2, 0) is 26.2 Å². The van der Waals surface area contributed by atoms with Crippen LogP contribution in [0.2, 0.25) is 10.0 Å². The number of para-hydroxylation sites is 2. The first-order valence-corrected chi connectivity index (χ1v) is 15.0. The van der Waals surface area contributed by atoms with E-state index in [0.717, 1.165) is 4.31 Å². The highest BCUT2D eigenvalue weighted by atomic mass is 35.5. The summed E-state index contributed by atoms with van der Waals surface area (Å²) in [6, 6.07) is 18.1. The maximum atomic E-state index is 14.0. The molecule has 11 heteroatoms. The van der Waals surface area contributed by atoms with E-state index in [1.54, 1.807) is 62.4 Å². The second-order valence-electron chi connectivity index (χ2n) is 9.32. The van der Waals surface area contributed by atoms with E-state index in [4.69, 9.17) is 27.9 Å². The lowest BCUT2D eigenvalue weighted by Crippen LogP contribution is -2.52. The van der Waals surface area contributed by atoms with Gasteiger partial charge in [-0.25, -0.2) is 8.42 Å². The highest BCUT2D eigenvalue weighted by Crippen LogP contribution is 2.33. The van der Waals surface area contributed by atoms with Gasteiger partial charge in [0, 0.05) is 22.6 Å². The van der Waals surface area contributed by atoms with Gasteiger partial charge in [-0.3, -0.25) is 13.9 Å². The molecule has 0 spiro atoms. The topological polar surface area (TPSA) is 96.0 Å². The predicted molar refractivity (Wildman–Crippen MR) is 158 cm³/mol. The van der Waals surface area contributed by atoms with Gasteiger partial charge in [0.25, 0.3) is 10.0 Å². The molecule has 8 nitrogen and oxygen atoms in total. The fourth-order valence-corrected chi connectivity index (χ4v) is 5.73. The van der Waals surface area contributed by atoms with E-state index in [-0.39, 0.29) is 35.7 Å². The molecule has 1 atom stereocenters. The molecule has 3 aromatic rings. The van der Waals surface area contributed by atoms with Crippen molar-refractivity contribution in [3.8, 4) is 5.75 Å². The number of benzene rings is 3. The first-order valence-electron chi connectivity index (χ1n) is 12.8. The lowest BCUT2D eigenvalue weighted by molar-refractivity contribution is -0.139. The number of halogens is 2. The summed E-state index contributed by atoms with van der Waals surface area (Å²) < 4.78 is 34.7. The number of sulfonamides is 1. The number of nitrogens with zero attached hydrogens (tertiary/aromatic N) is 2. The van der Waals surface area contributed by atoms with Gasteiger partial charge in [-0.15, -0.1) is 0 Å². The predicted octanol–water partition coefficient (Wildman–Crippen LogP) is 5.53. The SMILES string of the molecule is CCOc1ccccc1N(CC(=O)N(Cc1ccccc1Cl)C(C)C(=O)NC(C)C)S(=O)(=O)c1ccc(Cl)cc1. The summed E-state index contributed by atoms with van der Waals surface area (Å²) in [5.74, 6) is -0.689. The van der Waals surface area contributed by atoms with Crippen molar-refractivity contribution in [1.29, 1.82) is 0 Å². The van der Waals surface area contributed by atoms with Gasteiger partial charge < -0.3 is 15.0 Å². The minimum Gasteiger partial charge on any atom is -0.492 e. The van der Waals surface area contributed by atoms with Crippen LogP contribution in [0.1, 0.15) is 33.3 Å². The molecule has 1 N–H and O–H groups in total. The molecule has 0 radical (unpaired) electrons. The van der Waals surface area contributed by atoms with Crippen LogP contribution in [0.15, 0.2) is 77.7 Å². The van der Waals surface area contributed by atoms with E-state index in [1.807, 2.05) is 13.8 Å². The van der Waals surface area contributed by atoms with Crippen molar-refractivity contribution in [2.75, 3.05) is 17.5 Å². The summed E-state index contributed by atoms with van der Waals surface area (Å²) >= 11 is 12.4. The van der Waals surface area contributed by atoms with Crippen molar-refractivity contribution in [3.05, 3.63) is 88.4 Å². The highest BCUT2D eigenvalue weighted by Gasteiger charge is 2.34. The first-order chi connectivity index (χ1) is 18.9. The molecule has 2 amide bonds. The fourth-order valence-electron chi connectivity index (χ4n) is 3.99. The van der Waals surface area contributed by atoms with Gasteiger partial charge in [0.2, 0.25) is 11.8 Å². The Morgan fingerprint density at radius 1 is 0.925 bits per heavy atom. The Bertz CT molecular complexity index is 1430. The van der Waals surface area contributed by atoms with Crippen molar-refractivity contribution in [2.24, 2.45) is 0 Å². The zero-order valence-corrected chi connectivity index (χ0v) is 25.1. The number of carbonyl (C=O) groups excluding carboxylic acids is 2. The van der Waals surface area contributed by atoms with Crippen LogP contribution in [-0.4, -0.2) is 50.4 Å². The molecule has 0 aliphatic heterocycles. The molecule has 0 saturated heterocycles. The van der Waals surface area contributed by atoms with Crippen molar-refractivity contribution in [2.45, 2.75) is 51.2 Å². The summed E-state index contributed by atoms with van der Waals surface area (Å²) in [6.45, 7) is 6.68. The molecule has 0 heterocycles. The number of carbonyl (C=O) groups is 2. The van der Waals surface area contributed by atoms with Crippen LogP contribution in [0.25, 0.3) is 0 Å². The van der Waals surface area contributed by atoms with Gasteiger partial charge in [-0.2, -0.15) is 0 Å². The number of ether oxygens (including phenoxy) is 1. The largest absolute Gasteiger partial charge is 0.492 e. The summed E-state index contributed by atoms with van der Waals surface area (Å²) in [5, 5.41) is 3.61. The number of nitrogens with one attached hydrogen (secondary N) is 1. The molecule has 0 bridgehead atoms. The average Bonchev–Trinajstić information content (AvgIpc) is 2.91. The van der Waals surface area contributed by atoms with E-state index in [0.29, 0.717) is 21.4 Å². The summed E-state index contributed by atoms with van der Waals surface area (Å²) in [4.78, 5) is 28.3. The molecule has 3 aromatic carbocycles. The smallest absolute Gasteiger partial charge is 0.264 e. The van der Waals surface area contributed by atoms with E-state index in [1.165, 1.54) is 29.2 Å². The highest BCUT2D eigenvalue weighted by molar-refractivity contribution is 7.92. The van der Waals surface area contributed by atoms with Gasteiger partial charge in [-0.1, -0.05) is 53.5 Å². The Morgan fingerprint density at radius 2 is 1.55 bits per heavy atom. The van der Waals surface area contributed by atoms with Crippen LogP contribution in [0.3, 0.4) is 0 Å². The Kier molecular flexibility index (Phi) is 10.8. The molecule has 214 valence electrons. The van der Waals surface area contributed by atoms with Gasteiger partial charge in [-0.05, 0) is 75.7 Å². The van der Waals surface area contributed by atoms with Gasteiger partial charge in [0.1, 0.15) is 18.3 Å². The first kappa shape index (κ1) is 31.3. The third-order valence-electron chi connectivity index (χ3n) is 6.01. The quantitative estimate of drug-likeness (QED) is 0.293. The van der Waals surface area contributed by atoms with Crippen LogP contribution in [0, 0.1) is 0 Å². The van der Waals surface area contributed by atoms with Crippen molar-refractivity contribution < 1.29 is 22.7 Å². The normalized spacial score (nSPS) is 12.1. The monoisotopic (exact) mass is 605 g/mol. The van der Waals surface area contributed by atoms with E-state index in [2.05, 4.69) is 5.32 Å². The lowest BCUT2D eigenvalue weighted by Gasteiger charge is -2.33. The molecule has 0 aliphatic rings. The molecule has 0 aromatic heterocycles. The fraction of sp³-hybridized carbons (Fsp3) is 0.310. The van der Waals surface area contributed by atoms with Crippen molar-refractivity contribution in [1.82, 2.24) is 10.2 Å². The van der Waals surface area contributed by atoms with Gasteiger partial charge in [0.05, 0.1) is 17.2 Å². The summed E-state index contributed by atoms with van der Waals surface area (Å²) in [7, 11) is -4.27. The number of rotatable bonds is 12. The second kappa shape index (κ2) is 13.9. The molecule has 0 fully saturated rings. The molecule has 0 saturated carbocycles. The molecular formula is C29H33Cl2N3O5S. The molecule has 0 aliphatic carbocycles. The number of amides is 2. The summed E-state index contributed by atoms with van der Waals surface area (Å²) in [5.41, 5.74) is 0.799. The van der Waals surface area contributed by atoms with Crippen molar-refractivity contribution in [3.63, 3.8) is 0 Å². The maximum absolute atomic E-state index is 14.0. The molecular weight excluding hydrogens is 573 g/mol. The molecule has 1 unspecified atom stereocenters. The standard InChI is InChI=1S/C29H33Cl2N3O5S/c1-5-39-27-13-9-8-12-26(27)34(40(37,38)24-16-14-23(30)15-17-24)19-28(35)33(21(4)29(36)32-20(2)3)18-22-10-6-7-11-25(22)31/h6-17,20-21H,5,18-19H2,1-4H3,(H,32,36). The van der Waals surface area contributed by atoms with Crippen LogP contribution >= 0.6 is 23.2 Å². The van der Waals surface area contributed by atoms with Crippen LogP contribution in [0.4, 0.5) is 5.69 Å². The Hall–Kier alpha value is -3.27. The van der Waals surface area contributed by atoms with Crippen LogP contribution < -0.4 is 14.4 Å². The third kappa shape index (κ3) is 7.68. The zero-order valence-electron chi connectivity index (χ0n) is 22.8. The van der Waals surface area contributed by atoms with Gasteiger partial charge in [0.15, 0.2) is 0 Å². The number of hydrogen-bond acceptors (Lipinski definition) is 5. The zero-order chi connectivity index (χ0) is 29.4. The van der Waals surface area contributed by atoms with Crippen LogP contribution in [0.5, 0.6) is 5.75 Å². The lowest BCUT2D eigenvalue weighted by atomic mass is 10.1. The van der Waals surface area contributed by atoms with E-state index < -0.39 is 28.5 Å². The number of anilines is 1. The van der Waals surface area contributed by atoms with Crippen molar-refractivity contribution >= 4 is 50.7 Å².